The zero-order valence-electron chi connectivity index (χ0n) is 21.4. The lowest BCUT2D eigenvalue weighted by Gasteiger charge is -2.47. The molecule has 198 valence electrons. The van der Waals surface area contributed by atoms with Gasteiger partial charge in [-0.15, -0.1) is 0 Å². The lowest BCUT2D eigenvalue weighted by atomic mass is 9.93. The Hall–Kier alpha value is -3.49. The number of benzene rings is 2. The molecule has 0 bridgehead atoms. The van der Waals surface area contributed by atoms with E-state index in [0.717, 1.165) is 36.3 Å². The van der Waals surface area contributed by atoms with Crippen LogP contribution < -0.4 is 9.64 Å². The van der Waals surface area contributed by atoms with Crippen molar-refractivity contribution in [3.05, 3.63) is 88.0 Å². The standard InChI is InChI=1S/C29H29ClFN3O4/c1-18-3-7-24(31)26(27(18)30)28(35)34(2,21-11-15-33(16-12-21)20-9-13-32-14-10-20)25-8-5-19-4-6-22(17-23(19)25)38-29(36)37/h3-4,6-7,9-10,13-14,17,21,25H,5,8,11-12,15-16H2,1-2H3/p+1. The van der Waals surface area contributed by atoms with Crippen LogP contribution in [-0.2, 0) is 6.42 Å². The van der Waals surface area contributed by atoms with Crippen LogP contribution in [0, 0.1) is 12.7 Å². The Labute approximate surface area is 226 Å². The third-order valence-corrected chi connectivity index (χ3v) is 8.69. The third kappa shape index (κ3) is 4.63. The number of amides is 1. The van der Waals surface area contributed by atoms with Gasteiger partial charge in [0.05, 0.1) is 18.1 Å². The van der Waals surface area contributed by atoms with Crippen LogP contribution in [0.15, 0.2) is 54.9 Å². The highest BCUT2D eigenvalue weighted by atomic mass is 35.5. The maximum atomic E-state index is 15.2. The molecule has 0 spiro atoms. The average Bonchev–Trinajstić information content (AvgIpc) is 3.34. The van der Waals surface area contributed by atoms with Gasteiger partial charge in [0, 0.05) is 56.0 Å². The van der Waals surface area contributed by atoms with E-state index in [1.807, 2.05) is 25.2 Å². The van der Waals surface area contributed by atoms with Crippen LogP contribution in [0.25, 0.3) is 0 Å². The number of piperidine rings is 1. The average molecular weight is 539 g/mol. The molecule has 2 heterocycles. The second kappa shape index (κ2) is 10.3. The number of quaternary nitrogens is 1. The van der Waals surface area contributed by atoms with Crippen molar-refractivity contribution < 1.29 is 28.3 Å². The summed E-state index contributed by atoms with van der Waals surface area (Å²) >= 11 is 6.56. The topological polar surface area (TPSA) is 79.7 Å². The number of rotatable bonds is 5. The summed E-state index contributed by atoms with van der Waals surface area (Å²) in [5.74, 6) is -0.791. The van der Waals surface area contributed by atoms with Crippen LogP contribution in [0.4, 0.5) is 14.9 Å². The molecule has 1 aliphatic heterocycles. The van der Waals surface area contributed by atoms with Crippen molar-refractivity contribution in [1.82, 2.24) is 4.98 Å². The molecule has 38 heavy (non-hydrogen) atoms. The molecule has 5 rings (SSSR count). The van der Waals surface area contributed by atoms with Crippen LogP contribution >= 0.6 is 11.6 Å². The molecule has 0 saturated carbocycles. The van der Waals surface area contributed by atoms with Gasteiger partial charge >= 0.3 is 12.1 Å². The molecule has 3 aromatic rings. The first-order chi connectivity index (χ1) is 18.2. The summed E-state index contributed by atoms with van der Waals surface area (Å²) in [6.07, 6.45) is 4.96. The Morgan fingerprint density at radius 3 is 2.50 bits per heavy atom. The summed E-state index contributed by atoms with van der Waals surface area (Å²) < 4.78 is 20.1. The van der Waals surface area contributed by atoms with Crippen molar-refractivity contribution in [3.8, 4) is 5.75 Å². The molecule has 1 saturated heterocycles. The minimum Gasteiger partial charge on any atom is -0.449 e. The van der Waals surface area contributed by atoms with Gasteiger partial charge in [-0.2, -0.15) is 0 Å². The van der Waals surface area contributed by atoms with Gasteiger partial charge in [-0.05, 0) is 54.8 Å². The zero-order chi connectivity index (χ0) is 27.0. The third-order valence-electron chi connectivity index (χ3n) is 8.20. The van der Waals surface area contributed by atoms with Gasteiger partial charge in [0.15, 0.2) is 0 Å². The van der Waals surface area contributed by atoms with Gasteiger partial charge < -0.3 is 14.7 Å². The van der Waals surface area contributed by atoms with Crippen molar-refractivity contribution in [2.24, 2.45) is 0 Å². The van der Waals surface area contributed by atoms with Crippen molar-refractivity contribution in [3.63, 3.8) is 0 Å². The van der Waals surface area contributed by atoms with E-state index in [4.69, 9.17) is 21.4 Å². The number of ether oxygens (including phenoxy) is 1. The Bertz CT molecular complexity index is 1380. The van der Waals surface area contributed by atoms with Gasteiger partial charge in [-0.25, -0.2) is 18.5 Å². The molecule has 0 radical (unpaired) electrons. The van der Waals surface area contributed by atoms with E-state index in [1.165, 1.54) is 6.07 Å². The first-order valence-corrected chi connectivity index (χ1v) is 13.1. The van der Waals surface area contributed by atoms with Crippen LogP contribution in [0.3, 0.4) is 0 Å². The smallest absolute Gasteiger partial charge is 0.449 e. The Kier molecular flexibility index (Phi) is 7.11. The number of halogens is 2. The monoisotopic (exact) mass is 538 g/mol. The summed E-state index contributed by atoms with van der Waals surface area (Å²) in [5, 5.41) is 9.28. The van der Waals surface area contributed by atoms with Gasteiger partial charge in [-0.1, -0.05) is 23.7 Å². The number of fused-ring (bicyclic) bond motifs is 1. The summed E-state index contributed by atoms with van der Waals surface area (Å²) in [6, 6.07) is 11.6. The first kappa shape index (κ1) is 26.1. The van der Waals surface area contributed by atoms with Crippen LogP contribution in [-0.4, -0.2) is 52.8 Å². The van der Waals surface area contributed by atoms with Gasteiger partial charge in [0.2, 0.25) is 0 Å². The maximum absolute atomic E-state index is 15.2. The summed E-state index contributed by atoms with van der Waals surface area (Å²) in [5.41, 5.74) is 3.53. The van der Waals surface area contributed by atoms with Gasteiger partial charge in [0.1, 0.15) is 23.2 Å². The summed E-state index contributed by atoms with van der Waals surface area (Å²) in [7, 11) is 1.89. The van der Waals surface area contributed by atoms with Crippen LogP contribution in [0.1, 0.15) is 52.4 Å². The fourth-order valence-electron chi connectivity index (χ4n) is 6.15. The van der Waals surface area contributed by atoms with E-state index < -0.39 is 12.0 Å². The normalized spacial score (nSPS) is 19.1. The molecule has 1 aliphatic carbocycles. The quantitative estimate of drug-likeness (QED) is 0.237. The van der Waals surface area contributed by atoms with E-state index in [-0.39, 0.29) is 38.8 Å². The molecule has 1 N–H and O–H groups in total. The maximum Gasteiger partial charge on any atom is 0.511 e. The van der Waals surface area contributed by atoms with Crippen molar-refractivity contribution in [2.45, 2.75) is 44.7 Å². The molecule has 2 atom stereocenters. The largest absolute Gasteiger partial charge is 0.511 e. The van der Waals surface area contributed by atoms with E-state index in [9.17, 15) is 9.59 Å². The second-order valence-corrected chi connectivity index (χ2v) is 10.6. The van der Waals surface area contributed by atoms with Crippen molar-refractivity contribution in [1.29, 1.82) is 0 Å². The SMILES string of the molecule is Cc1ccc(F)c(C(=O)[N+](C)(C2CCN(c3ccncc3)CC2)C2CCc3ccc(OC(=O)O)cc32)c1Cl. The zero-order valence-corrected chi connectivity index (χ0v) is 22.1. The van der Waals surface area contributed by atoms with Crippen molar-refractivity contribution in [2.75, 3.05) is 25.0 Å². The first-order valence-electron chi connectivity index (χ1n) is 12.7. The van der Waals surface area contributed by atoms with E-state index in [2.05, 4.69) is 9.88 Å². The highest BCUT2D eigenvalue weighted by Crippen LogP contribution is 2.46. The number of pyridine rings is 1. The number of nitrogens with zero attached hydrogens (tertiary/aromatic N) is 3. The Balaban J connectivity index is 1.56. The number of anilines is 1. The molecule has 2 aromatic carbocycles. The predicted octanol–water partition coefficient (Wildman–Crippen LogP) is 6.18. The number of aryl methyl sites for hydroxylation is 2. The number of hydrogen-bond donors (Lipinski definition) is 1. The lowest BCUT2D eigenvalue weighted by molar-refractivity contribution is -0.887. The summed E-state index contributed by atoms with van der Waals surface area (Å²) in [6.45, 7) is 3.24. The van der Waals surface area contributed by atoms with Crippen LogP contribution in [0.5, 0.6) is 5.75 Å². The molecule has 1 amide bonds. The minimum absolute atomic E-state index is 0.0478. The van der Waals surface area contributed by atoms with Gasteiger partial charge in [-0.3, -0.25) is 4.98 Å². The lowest BCUT2D eigenvalue weighted by Crippen LogP contribution is -2.61. The number of aromatic nitrogens is 1. The fourth-order valence-corrected chi connectivity index (χ4v) is 6.38. The fraction of sp³-hybridized carbons (Fsp3) is 0.345. The Morgan fingerprint density at radius 2 is 1.82 bits per heavy atom. The highest BCUT2D eigenvalue weighted by Gasteiger charge is 2.52. The number of carbonyl (C=O) groups is 2. The highest BCUT2D eigenvalue weighted by molar-refractivity contribution is 6.34. The minimum atomic E-state index is -1.40. The number of hydrogen-bond acceptors (Lipinski definition) is 5. The number of carbonyl (C=O) groups excluding carboxylic acids is 1. The van der Waals surface area contributed by atoms with Crippen molar-refractivity contribution >= 4 is 29.4 Å². The molecular weight excluding hydrogens is 509 g/mol. The van der Waals surface area contributed by atoms with E-state index >= 15 is 4.39 Å². The summed E-state index contributed by atoms with van der Waals surface area (Å²) in [4.78, 5) is 32.0. The molecule has 1 aromatic heterocycles. The molecule has 2 unspecified atom stereocenters. The van der Waals surface area contributed by atoms with E-state index in [1.54, 1.807) is 37.5 Å². The molecule has 2 aliphatic rings. The van der Waals surface area contributed by atoms with E-state index in [0.29, 0.717) is 24.8 Å². The molecule has 7 nitrogen and oxygen atoms in total. The predicted molar refractivity (Wildman–Crippen MR) is 142 cm³/mol. The number of carboxylic acid groups (broad SMARTS) is 1. The molecular formula is C29H30ClFN3O4+. The van der Waals surface area contributed by atoms with Crippen LogP contribution in [0.2, 0.25) is 5.02 Å². The second-order valence-electron chi connectivity index (χ2n) is 10.2. The molecule has 9 heteroatoms. The van der Waals surface area contributed by atoms with Gasteiger partial charge in [0.25, 0.3) is 0 Å². The Morgan fingerprint density at radius 1 is 1.11 bits per heavy atom. The molecule has 1 fully saturated rings.